The molecule has 0 amide bonds. The molecule has 6 heavy (non-hydrogen) atoms. The van der Waals surface area contributed by atoms with Gasteiger partial charge >= 0.3 is 0 Å². The number of hydrogen-bond acceptors (Lipinski definition) is 1. The van der Waals surface area contributed by atoms with Crippen LogP contribution < -0.4 is 0 Å². The summed E-state index contributed by atoms with van der Waals surface area (Å²) < 4.78 is 0.690. The van der Waals surface area contributed by atoms with Crippen molar-refractivity contribution < 1.29 is 0 Å². The highest BCUT2D eigenvalue weighted by atomic mass is 32.8. The minimum Gasteiger partial charge on any atom is -0.121 e. The van der Waals surface area contributed by atoms with Gasteiger partial charge in [0.15, 0.2) is 0 Å². The Labute approximate surface area is 44.2 Å². The molecule has 0 spiro atoms. The second-order valence-corrected chi connectivity index (χ2v) is 7.85. The molecule has 36 valence electrons. The standard InChI is InChI=1S/C4H9PS/c1-4(2)5(3)6-4/h1-3H3. The Hall–Kier alpha value is 0.780. The smallest absolute Gasteiger partial charge is 0.0434 e. The van der Waals surface area contributed by atoms with Crippen LogP contribution in [0, 0.1) is 0 Å². The molecule has 1 aliphatic rings. The summed E-state index contributed by atoms with van der Waals surface area (Å²) in [6.07, 6.45) is 0. The maximum Gasteiger partial charge on any atom is 0.0434 e. The second-order valence-electron chi connectivity index (χ2n) is 2.04. The molecule has 0 aromatic rings. The molecular formula is C4H9PS. The van der Waals surface area contributed by atoms with Crippen molar-refractivity contribution in [3.8, 4) is 0 Å². The largest absolute Gasteiger partial charge is 0.121 e. The van der Waals surface area contributed by atoms with E-state index in [2.05, 4.69) is 31.9 Å². The molecule has 1 atom stereocenters. The summed E-state index contributed by atoms with van der Waals surface area (Å²) in [5.41, 5.74) is 0. The van der Waals surface area contributed by atoms with E-state index in [1.165, 1.54) is 0 Å². The van der Waals surface area contributed by atoms with E-state index in [0.717, 1.165) is 0 Å². The number of rotatable bonds is 0. The van der Waals surface area contributed by atoms with E-state index < -0.39 is 0 Å². The van der Waals surface area contributed by atoms with Gasteiger partial charge in [-0.3, -0.25) is 0 Å². The van der Waals surface area contributed by atoms with Gasteiger partial charge in [-0.05, 0) is 27.6 Å². The van der Waals surface area contributed by atoms with Crippen LogP contribution in [0.4, 0.5) is 0 Å². The lowest BCUT2D eigenvalue weighted by atomic mass is 10.6. The van der Waals surface area contributed by atoms with E-state index in [1.807, 2.05) is 0 Å². The molecule has 1 unspecified atom stereocenters. The lowest BCUT2D eigenvalue weighted by molar-refractivity contribution is 1.06. The number of hydrogen-bond donors (Lipinski definition) is 0. The summed E-state index contributed by atoms with van der Waals surface area (Å²) in [6.45, 7) is 6.95. The van der Waals surface area contributed by atoms with Crippen molar-refractivity contribution >= 4 is 18.5 Å². The average molecular weight is 120 g/mol. The van der Waals surface area contributed by atoms with Gasteiger partial charge in [-0.25, -0.2) is 0 Å². The molecule has 2 heteroatoms. The van der Waals surface area contributed by atoms with Crippen LogP contribution in [-0.2, 0) is 0 Å². The third kappa shape index (κ3) is 0.714. The third-order valence-electron chi connectivity index (χ3n) is 1.09. The summed E-state index contributed by atoms with van der Waals surface area (Å²) in [5.74, 6) is 0. The van der Waals surface area contributed by atoms with Gasteiger partial charge < -0.3 is 0 Å². The van der Waals surface area contributed by atoms with E-state index in [1.54, 1.807) is 0 Å². The molecule has 0 aromatic heterocycles. The van der Waals surface area contributed by atoms with Crippen LogP contribution >= 0.6 is 18.5 Å². The zero-order valence-corrected chi connectivity index (χ0v) is 6.07. The van der Waals surface area contributed by atoms with Crippen LogP contribution in [0.3, 0.4) is 0 Å². The highest BCUT2D eigenvalue weighted by molar-refractivity contribution is 8.72. The van der Waals surface area contributed by atoms with Crippen molar-refractivity contribution in [3.63, 3.8) is 0 Å². The van der Waals surface area contributed by atoms with E-state index in [0.29, 0.717) is 11.6 Å². The average Bonchev–Trinajstić information content (AvgIpc) is 1.73. The molecular weight excluding hydrogens is 111 g/mol. The Bertz CT molecular complexity index is 69.9. The lowest BCUT2D eigenvalue weighted by Gasteiger charge is -1.87. The predicted molar refractivity (Wildman–Crippen MR) is 34.5 cm³/mol. The fourth-order valence-corrected chi connectivity index (χ4v) is 3.57. The Balaban J connectivity index is 2.41. The summed E-state index contributed by atoms with van der Waals surface area (Å²) in [7, 11) is 0.403. The van der Waals surface area contributed by atoms with E-state index in [9.17, 15) is 0 Å². The second kappa shape index (κ2) is 1.14. The van der Waals surface area contributed by atoms with Crippen molar-refractivity contribution in [2.24, 2.45) is 0 Å². The summed E-state index contributed by atoms with van der Waals surface area (Å²) in [4.78, 5) is 0. The lowest BCUT2D eigenvalue weighted by Crippen LogP contribution is -1.83. The highest BCUT2D eigenvalue weighted by Crippen LogP contribution is 2.82. The van der Waals surface area contributed by atoms with Gasteiger partial charge in [-0.15, -0.1) is 11.4 Å². The summed E-state index contributed by atoms with van der Waals surface area (Å²) in [5, 5.41) is 0. The topological polar surface area (TPSA) is 0 Å². The SMILES string of the molecule is CP1SC1(C)C. The monoisotopic (exact) mass is 120 g/mol. The zero-order valence-electron chi connectivity index (χ0n) is 4.36. The molecule has 0 bridgehead atoms. The molecule has 0 radical (unpaired) electrons. The first-order valence-electron chi connectivity index (χ1n) is 2.06. The van der Waals surface area contributed by atoms with Crippen molar-refractivity contribution in [1.82, 2.24) is 0 Å². The quantitative estimate of drug-likeness (QED) is 0.349. The zero-order chi connectivity index (χ0) is 4.78. The third-order valence-corrected chi connectivity index (χ3v) is 7.09. The minimum absolute atomic E-state index is 0.403. The van der Waals surface area contributed by atoms with Crippen LogP contribution in [0.5, 0.6) is 0 Å². The van der Waals surface area contributed by atoms with E-state index in [4.69, 9.17) is 0 Å². The van der Waals surface area contributed by atoms with Crippen LogP contribution in [0.25, 0.3) is 0 Å². The van der Waals surface area contributed by atoms with Crippen molar-refractivity contribution in [1.29, 1.82) is 0 Å². The Morgan fingerprint density at radius 1 is 1.50 bits per heavy atom. The molecule has 0 saturated carbocycles. The van der Waals surface area contributed by atoms with E-state index >= 15 is 0 Å². The fourth-order valence-electron chi connectivity index (χ4n) is 0.315. The highest BCUT2D eigenvalue weighted by Gasteiger charge is 2.42. The first kappa shape index (κ1) is 4.93. The van der Waals surface area contributed by atoms with Crippen molar-refractivity contribution in [3.05, 3.63) is 0 Å². The molecule has 0 aliphatic carbocycles. The maximum atomic E-state index is 2.33. The molecule has 1 aliphatic heterocycles. The van der Waals surface area contributed by atoms with Gasteiger partial charge in [0.2, 0.25) is 0 Å². The Morgan fingerprint density at radius 2 is 1.67 bits per heavy atom. The van der Waals surface area contributed by atoms with Crippen LogP contribution in [-0.4, -0.2) is 11.2 Å². The maximum absolute atomic E-state index is 2.33. The fraction of sp³-hybridized carbons (Fsp3) is 1.00. The summed E-state index contributed by atoms with van der Waals surface area (Å²) >= 11 is 2.11. The van der Waals surface area contributed by atoms with Crippen LogP contribution in [0.1, 0.15) is 13.8 Å². The van der Waals surface area contributed by atoms with Crippen LogP contribution in [0.2, 0.25) is 0 Å². The van der Waals surface area contributed by atoms with Crippen molar-refractivity contribution in [2.75, 3.05) is 6.66 Å². The Morgan fingerprint density at radius 3 is 1.67 bits per heavy atom. The van der Waals surface area contributed by atoms with E-state index in [-0.39, 0.29) is 0 Å². The van der Waals surface area contributed by atoms with Gasteiger partial charge in [0.25, 0.3) is 0 Å². The Kier molecular flexibility index (Phi) is 0.933. The van der Waals surface area contributed by atoms with Gasteiger partial charge in [-0.1, -0.05) is 0 Å². The normalized spacial score (nSPS) is 39.5. The predicted octanol–water partition coefficient (Wildman–Crippen LogP) is 2.50. The van der Waals surface area contributed by atoms with Gasteiger partial charge in [0.1, 0.15) is 0 Å². The van der Waals surface area contributed by atoms with Gasteiger partial charge in [0.05, 0.1) is 0 Å². The van der Waals surface area contributed by atoms with Crippen molar-refractivity contribution in [2.45, 2.75) is 18.3 Å². The first-order valence-corrected chi connectivity index (χ1v) is 5.27. The molecule has 0 nitrogen and oxygen atoms in total. The molecule has 1 rings (SSSR count). The molecule has 0 N–H and O–H groups in total. The molecule has 1 fully saturated rings. The minimum atomic E-state index is 0.403. The first-order chi connectivity index (χ1) is 2.63. The molecule has 1 saturated heterocycles. The van der Waals surface area contributed by atoms with Gasteiger partial charge in [0, 0.05) is 4.49 Å². The van der Waals surface area contributed by atoms with Gasteiger partial charge in [-0.2, -0.15) is 0 Å². The molecule has 0 aromatic carbocycles. The molecule has 1 heterocycles. The van der Waals surface area contributed by atoms with Crippen LogP contribution in [0.15, 0.2) is 0 Å². The summed E-state index contributed by atoms with van der Waals surface area (Å²) in [6, 6.07) is 0.